The normalized spacial score (nSPS) is 20.4. The van der Waals surface area contributed by atoms with Crippen LogP contribution in [0.25, 0.3) is 0 Å². The molecule has 4 rings (SSSR count). The molecule has 4 nitrogen and oxygen atoms in total. The van der Waals surface area contributed by atoms with Gasteiger partial charge in [0.15, 0.2) is 0 Å². The lowest BCUT2D eigenvalue weighted by molar-refractivity contribution is 0.453. The van der Waals surface area contributed by atoms with Gasteiger partial charge in [-0.3, -0.25) is 4.68 Å². The van der Waals surface area contributed by atoms with Gasteiger partial charge in [-0.15, -0.1) is 0 Å². The van der Waals surface area contributed by atoms with Gasteiger partial charge < -0.3 is 10.6 Å². The highest BCUT2D eigenvalue weighted by molar-refractivity contribution is 5.65. The van der Waals surface area contributed by atoms with Crippen molar-refractivity contribution in [3.8, 4) is 0 Å². The van der Waals surface area contributed by atoms with Gasteiger partial charge in [-0.1, -0.05) is 18.9 Å². The van der Waals surface area contributed by atoms with E-state index in [0.29, 0.717) is 6.04 Å². The lowest BCUT2D eigenvalue weighted by Gasteiger charge is -2.28. The molecule has 0 spiro atoms. The highest BCUT2D eigenvalue weighted by Crippen LogP contribution is 2.40. The van der Waals surface area contributed by atoms with Crippen molar-refractivity contribution in [3.63, 3.8) is 0 Å². The summed E-state index contributed by atoms with van der Waals surface area (Å²) in [7, 11) is 2.00. The number of fused-ring (bicyclic) bond motifs is 1. The van der Waals surface area contributed by atoms with Crippen LogP contribution in [0.1, 0.15) is 47.8 Å². The molecule has 0 radical (unpaired) electrons. The highest BCUT2D eigenvalue weighted by Gasteiger charge is 2.29. The molecule has 2 N–H and O–H groups in total. The van der Waals surface area contributed by atoms with Gasteiger partial charge in [0.2, 0.25) is 0 Å². The molecule has 2 aliphatic rings. The monoisotopic (exact) mass is 310 g/mol. The van der Waals surface area contributed by atoms with Gasteiger partial charge in [0.25, 0.3) is 0 Å². The number of anilines is 2. The Balaban J connectivity index is 1.62. The molecule has 122 valence electrons. The second kappa shape index (κ2) is 5.68. The standard InChI is InChI=1S/C19H26N4/c1-12-19(13(2)23(3)22-12)21-16-7-6-15-8-9-20-18(17(15)11-16)10-14-4-5-14/h6-7,11,14,18,20-21H,4-5,8-10H2,1-3H3. The summed E-state index contributed by atoms with van der Waals surface area (Å²) < 4.78 is 1.94. The van der Waals surface area contributed by atoms with E-state index in [1.165, 1.54) is 41.8 Å². The summed E-state index contributed by atoms with van der Waals surface area (Å²) in [6, 6.07) is 7.40. The van der Waals surface area contributed by atoms with E-state index in [0.717, 1.165) is 30.3 Å². The topological polar surface area (TPSA) is 41.9 Å². The predicted octanol–water partition coefficient (Wildman–Crippen LogP) is 3.77. The lowest BCUT2D eigenvalue weighted by Crippen LogP contribution is -2.30. The van der Waals surface area contributed by atoms with Crippen LogP contribution in [0, 0.1) is 19.8 Å². The van der Waals surface area contributed by atoms with Crippen molar-refractivity contribution < 1.29 is 0 Å². The van der Waals surface area contributed by atoms with Crippen molar-refractivity contribution in [1.29, 1.82) is 0 Å². The summed E-state index contributed by atoms with van der Waals surface area (Å²) in [6.07, 6.45) is 5.27. The van der Waals surface area contributed by atoms with Crippen LogP contribution in [-0.4, -0.2) is 16.3 Å². The quantitative estimate of drug-likeness (QED) is 0.903. The zero-order valence-corrected chi connectivity index (χ0v) is 14.3. The molecule has 1 aliphatic heterocycles. The van der Waals surface area contributed by atoms with Crippen LogP contribution in [0.4, 0.5) is 11.4 Å². The largest absolute Gasteiger partial charge is 0.353 e. The van der Waals surface area contributed by atoms with E-state index in [1.807, 2.05) is 11.7 Å². The zero-order valence-electron chi connectivity index (χ0n) is 14.3. The Morgan fingerprint density at radius 2 is 2.13 bits per heavy atom. The molecule has 0 bridgehead atoms. The van der Waals surface area contributed by atoms with E-state index in [2.05, 4.69) is 47.8 Å². The summed E-state index contributed by atoms with van der Waals surface area (Å²) in [5.41, 5.74) is 7.54. The van der Waals surface area contributed by atoms with E-state index in [1.54, 1.807) is 0 Å². The Hall–Kier alpha value is -1.81. The maximum absolute atomic E-state index is 4.50. The SMILES string of the molecule is Cc1nn(C)c(C)c1Nc1ccc2c(c1)C(CC1CC1)NCC2. The van der Waals surface area contributed by atoms with Crippen LogP contribution in [0.3, 0.4) is 0 Å². The fraction of sp³-hybridized carbons (Fsp3) is 0.526. The summed E-state index contributed by atoms with van der Waals surface area (Å²) in [5, 5.41) is 11.8. The molecular formula is C19H26N4. The van der Waals surface area contributed by atoms with Crippen molar-refractivity contribution in [2.24, 2.45) is 13.0 Å². The van der Waals surface area contributed by atoms with Crippen molar-refractivity contribution in [1.82, 2.24) is 15.1 Å². The third-order valence-corrected chi connectivity index (χ3v) is 5.35. The Labute approximate surface area is 138 Å². The van der Waals surface area contributed by atoms with Gasteiger partial charge in [0.1, 0.15) is 0 Å². The van der Waals surface area contributed by atoms with Crippen molar-refractivity contribution in [2.45, 2.75) is 45.6 Å². The van der Waals surface area contributed by atoms with Gasteiger partial charge in [-0.25, -0.2) is 0 Å². The number of rotatable bonds is 4. The second-order valence-corrected chi connectivity index (χ2v) is 7.14. The van der Waals surface area contributed by atoms with E-state index in [-0.39, 0.29) is 0 Å². The van der Waals surface area contributed by atoms with Crippen molar-refractivity contribution in [3.05, 3.63) is 40.7 Å². The van der Waals surface area contributed by atoms with Gasteiger partial charge in [-0.2, -0.15) is 5.10 Å². The summed E-state index contributed by atoms with van der Waals surface area (Å²) in [5.74, 6) is 0.942. The fourth-order valence-corrected chi connectivity index (χ4v) is 3.71. The third-order valence-electron chi connectivity index (χ3n) is 5.35. The van der Waals surface area contributed by atoms with Crippen LogP contribution in [0.15, 0.2) is 18.2 Å². The molecule has 4 heteroatoms. The van der Waals surface area contributed by atoms with Crippen LogP contribution < -0.4 is 10.6 Å². The van der Waals surface area contributed by atoms with Gasteiger partial charge in [0, 0.05) is 18.8 Å². The maximum atomic E-state index is 4.50. The lowest BCUT2D eigenvalue weighted by atomic mass is 9.90. The second-order valence-electron chi connectivity index (χ2n) is 7.14. The summed E-state index contributed by atoms with van der Waals surface area (Å²) >= 11 is 0. The van der Waals surface area contributed by atoms with Gasteiger partial charge in [0.05, 0.1) is 17.1 Å². The molecule has 1 unspecified atom stereocenters. The Morgan fingerprint density at radius 3 is 2.83 bits per heavy atom. The summed E-state index contributed by atoms with van der Waals surface area (Å²) in [4.78, 5) is 0. The smallest absolute Gasteiger partial charge is 0.0831 e. The minimum atomic E-state index is 0.532. The number of nitrogens with zero attached hydrogens (tertiary/aromatic N) is 2. The van der Waals surface area contributed by atoms with Crippen LogP contribution >= 0.6 is 0 Å². The average molecular weight is 310 g/mol. The van der Waals surface area contributed by atoms with Crippen LogP contribution in [0.5, 0.6) is 0 Å². The molecule has 1 saturated carbocycles. The van der Waals surface area contributed by atoms with Gasteiger partial charge in [-0.05, 0) is 62.4 Å². The molecule has 1 aromatic carbocycles. The number of aryl methyl sites for hydroxylation is 2. The first kappa shape index (κ1) is 14.8. The Bertz CT molecular complexity index is 727. The molecule has 1 atom stereocenters. The molecule has 1 fully saturated rings. The number of benzene rings is 1. The van der Waals surface area contributed by atoms with E-state index >= 15 is 0 Å². The Kier molecular flexibility index (Phi) is 3.64. The van der Waals surface area contributed by atoms with E-state index < -0.39 is 0 Å². The molecular weight excluding hydrogens is 284 g/mol. The zero-order chi connectivity index (χ0) is 16.0. The summed E-state index contributed by atoms with van der Waals surface area (Å²) in [6.45, 7) is 5.28. The third kappa shape index (κ3) is 2.88. The molecule has 2 aromatic rings. The highest BCUT2D eigenvalue weighted by atomic mass is 15.3. The minimum absolute atomic E-state index is 0.532. The van der Waals surface area contributed by atoms with Crippen LogP contribution in [0.2, 0.25) is 0 Å². The molecule has 0 saturated heterocycles. The number of nitrogens with one attached hydrogen (secondary N) is 2. The van der Waals surface area contributed by atoms with E-state index in [4.69, 9.17) is 0 Å². The molecule has 1 aromatic heterocycles. The first-order valence-electron chi connectivity index (χ1n) is 8.75. The number of aromatic nitrogens is 2. The van der Waals surface area contributed by atoms with E-state index in [9.17, 15) is 0 Å². The van der Waals surface area contributed by atoms with Crippen molar-refractivity contribution in [2.75, 3.05) is 11.9 Å². The first-order chi connectivity index (χ1) is 11.1. The maximum Gasteiger partial charge on any atom is 0.0831 e. The number of hydrogen-bond acceptors (Lipinski definition) is 3. The Morgan fingerprint density at radius 1 is 1.30 bits per heavy atom. The molecule has 1 aliphatic carbocycles. The molecule has 0 amide bonds. The number of hydrogen-bond donors (Lipinski definition) is 2. The fourth-order valence-electron chi connectivity index (χ4n) is 3.71. The van der Waals surface area contributed by atoms with Gasteiger partial charge >= 0.3 is 0 Å². The molecule has 23 heavy (non-hydrogen) atoms. The molecule has 2 heterocycles. The predicted molar refractivity (Wildman–Crippen MR) is 94.2 cm³/mol. The average Bonchev–Trinajstić information content (AvgIpc) is 3.32. The van der Waals surface area contributed by atoms with Crippen molar-refractivity contribution >= 4 is 11.4 Å². The first-order valence-corrected chi connectivity index (χ1v) is 8.75. The minimum Gasteiger partial charge on any atom is -0.353 e. The van der Waals surface area contributed by atoms with Crippen LogP contribution in [-0.2, 0) is 13.5 Å².